The molecule has 5 atom stereocenters. The van der Waals surface area contributed by atoms with Gasteiger partial charge in [0.1, 0.15) is 18.5 Å². The van der Waals surface area contributed by atoms with Crippen LogP contribution in [0.25, 0.3) is 0 Å². The van der Waals surface area contributed by atoms with Crippen LogP contribution >= 0.6 is 11.6 Å². The van der Waals surface area contributed by atoms with E-state index >= 15 is 0 Å². The Kier molecular flexibility index (Phi) is 12.9. The van der Waals surface area contributed by atoms with Gasteiger partial charge >= 0.3 is 29.6 Å². The topological polar surface area (TPSA) is 110 Å². The number of carbonyl (C=O) groups excluding carboxylic acids is 1. The maximum absolute atomic E-state index is 10.4. The van der Waals surface area contributed by atoms with Crippen molar-refractivity contribution < 1.29 is 59.5 Å². The van der Waals surface area contributed by atoms with Gasteiger partial charge in [-0.1, -0.05) is 42.0 Å². The van der Waals surface area contributed by atoms with Crippen molar-refractivity contribution in [3.05, 3.63) is 53.6 Å². The average molecular weight is 447 g/mol. The van der Waals surface area contributed by atoms with Gasteiger partial charge in [-0.2, -0.15) is 0 Å². The summed E-state index contributed by atoms with van der Waals surface area (Å²) in [6.45, 7) is 0.0468. The van der Waals surface area contributed by atoms with Crippen LogP contribution in [0.2, 0.25) is 5.02 Å². The van der Waals surface area contributed by atoms with E-state index in [-0.39, 0.29) is 60.8 Å². The second kappa shape index (κ2) is 14.2. The van der Waals surface area contributed by atoms with Crippen LogP contribution in [-0.4, -0.2) is 46.2 Å². The molecule has 160 valence electrons. The molecule has 0 amide bonds. The zero-order valence-corrected chi connectivity index (χ0v) is 19.9. The molecule has 0 aliphatic heterocycles. The van der Waals surface area contributed by atoms with E-state index in [0.717, 1.165) is 0 Å². The van der Waals surface area contributed by atoms with Crippen LogP contribution in [0.15, 0.2) is 48.6 Å². The third-order valence-electron chi connectivity index (χ3n) is 5.01. The van der Waals surface area contributed by atoms with Gasteiger partial charge in [-0.25, -0.2) is 0 Å². The van der Waals surface area contributed by atoms with Gasteiger partial charge in [-0.05, 0) is 49.8 Å². The number of ether oxygens (including phenoxy) is 1. The number of carbonyl (C=O) groups is 1. The van der Waals surface area contributed by atoms with Crippen molar-refractivity contribution in [3.8, 4) is 5.75 Å². The Labute approximate surface area is 204 Å². The van der Waals surface area contributed by atoms with Gasteiger partial charge in [0.25, 0.3) is 0 Å². The van der Waals surface area contributed by atoms with E-state index in [0.29, 0.717) is 30.0 Å². The maximum atomic E-state index is 10.4. The summed E-state index contributed by atoms with van der Waals surface area (Å²) in [5, 5.41) is 41.6. The maximum Gasteiger partial charge on any atom is 1.00 e. The van der Waals surface area contributed by atoms with Gasteiger partial charge < -0.3 is 30.0 Å². The van der Waals surface area contributed by atoms with Crippen LogP contribution in [0.5, 0.6) is 5.75 Å². The van der Waals surface area contributed by atoms with E-state index in [2.05, 4.69) is 0 Å². The SMILES string of the molecule is O=C([O-])CCC/C=C\CC1C(O)CC(O)C1/C=C/C(O)COc1cccc(Cl)c1.[Na+]. The van der Waals surface area contributed by atoms with Crippen molar-refractivity contribution in [1.82, 2.24) is 0 Å². The van der Waals surface area contributed by atoms with Crippen molar-refractivity contribution in [2.24, 2.45) is 11.8 Å². The number of allylic oxidation sites excluding steroid dienone is 2. The van der Waals surface area contributed by atoms with Gasteiger partial charge in [0.15, 0.2) is 0 Å². The molecule has 0 aromatic heterocycles. The molecule has 0 heterocycles. The molecule has 30 heavy (non-hydrogen) atoms. The zero-order valence-electron chi connectivity index (χ0n) is 17.2. The number of carboxylic acid groups (broad SMARTS) is 1. The van der Waals surface area contributed by atoms with E-state index in [4.69, 9.17) is 16.3 Å². The van der Waals surface area contributed by atoms with Crippen molar-refractivity contribution in [2.45, 2.75) is 50.4 Å². The first-order valence-electron chi connectivity index (χ1n) is 9.82. The van der Waals surface area contributed by atoms with Crippen LogP contribution in [-0.2, 0) is 4.79 Å². The van der Waals surface area contributed by atoms with Crippen molar-refractivity contribution in [2.75, 3.05) is 6.61 Å². The zero-order chi connectivity index (χ0) is 21.2. The normalized spacial score (nSPS) is 24.8. The number of halogens is 1. The number of carboxylic acids is 1. The van der Waals surface area contributed by atoms with E-state index < -0.39 is 24.3 Å². The molecule has 1 aromatic carbocycles. The number of aliphatic hydroxyl groups is 3. The predicted octanol–water partition coefficient (Wildman–Crippen LogP) is -1.14. The minimum absolute atomic E-state index is 0. The van der Waals surface area contributed by atoms with Crippen LogP contribution in [0.1, 0.15) is 32.1 Å². The monoisotopic (exact) mass is 446 g/mol. The number of benzene rings is 1. The van der Waals surface area contributed by atoms with Crippen LogP contribution in [0.3, 0.4) is 0 Å². The summed E-state index contributed by atoms with van der Waals surface area (Å²) in [5.74, 6) is -0.947. The molecule has 3 N–H and O–H groups in total. The van der Waals surface area contributed by atoms with Gasteiger partial charge in [0.05, 0.1) is 12.2 Å². The molecular formula is C22H28ClNaO6. The number of aliphatic carboxylic acids is 1. The molecule has 6 nitrogen and oxygen atoms in total. The Balaban J connectivity index is 0.00000450. The molecule has 1 aromatic rings. The number of unbranched alkanes of at least 4 members (excludes halogenated alkanes) is 1. The molecule has 0 bridgehead atoms. The molecule has 0 spiro atoms. The molecule has 8 heteroatoms. The Hall–Kier alpha value is -0.860. The van der Waals surface area contributed by atoms with Crippen LogP contribution in [0.4, 0.5) is 0 Å². The van der Waals surface area contributed by atoms with Gasteiger partial charge in [-0.15, -0.1) is 0 Å². The fourth-order valence-corrected chi connectivity index (χ4v) is 3.67. The molecule has 2 rings (SSSR count). The summed E-state index contributed by atoms with van der Waals surface area (Å²) >= 11 is 5.89. The van der Waals surface area contributed by atoms with E-state index in [1.807, 2.05) is 12.2 Å². The average Bonchev–Trinajstić information content (AvgIpc) is 2.93. The van der Waals surface area contributed by atoms with E-state index in [1.54, 1.807) is 36.4 Å². The first kappa shape index (κ1) is 27.2. The van der Waals surface area contributed by atoms with Crippen LogP contribution < -0.4 is 39.4 Å². The first-order valence-corrected chi connectivity index (χ1v) is 10.2. The molecule has 5 unspecified atom stereocenters. The summed E-state index contributed by atoms with van der Waals surface area (Å²) in [5.41, 5.74) is 0. The summed E-state index contributed by atoms with van der Waals surface area (Å²) in [6, 6.07) is 6.89. The number of hydrogen-bond acceptors (Lipinski definition) is 6. The van der Waals surface area contributed by atoms with Crippen molar-refractivity contribution in [3.63, 3.8) is 0 Å². The molecule has 1 saturated carbocycles. The van der Waals surface area contributed by atoms with Crippen molar-refractivity contribution >= 4 is 17.6 Å². The minimum atomic E-state index is -1.06. The van der Waals surface area contributed by atoms with Gasteiger partial charge in [0, 0.05) is 23.3 Å². The molecule has 0 saturated heterocycles. The molecule has 1 fully saturated rings. The molecular weight excluding hydrogens is 419 g/mol. The first-order chi connectivity index (χ1) is 13.9. The van der Waals surface area contributed by atoms with E-state index in [9.17, 15) is 25.2 Å². The number of aliphatic hydroxyl groups excluding tert-OH is 3. The van der Waals surface area contributed by atoms with Crippen molar-refractivity contribution in [1.29, 1.82) is 0 Å². The fourth-order valence-electron chi connectivity index (χ4n) is 3.49. The summed E-state index contributed by atoms with van der Waals surface area (Å²) in [7, 11) is 0. The van der Waals surface area contributed by atoms with E-state index in [1.165, 1.54) is 0 Å². The third-order valence-corrected chi connectivity index (χ3v) is 5.25. The van der Waals surface area contributed by atoms with Gasteiger partial charge in [0.2, 0.25) is 0 Å². The Bertz CT molecular complexity index is 711. The van der Waals surface area contributed by atoms with Gasteiger partial charge in [-0.3, -0.25) is 0 Å². The number of rotatable bonds is 11. The Morgan fingerprint density at radius 2 is 2.07 bits per heavy atom. The Morgan fingerprint density at radius 1 is 1.30 bits per heavy atom. The summed E-state index contributed by atoms with van der Waals surface area (Å²) < 4.78 is 5.50. The third kappa shape index (κ3) is 9.52. The minimum Gasteiger partial charge on any atom is -0.550 e. The molecule has 1 aliphatic carbocycles. The quantitative estimate of drug-likeness (QED) is 0.225. The summed E-state index contributed by atoms with van der Waals surface area (Å²) in [4.78, 5) is 10.4. The second-order valence-corrected chi connectivity index (χ2v) is 7.74. The molecule has 0 radical (unpaired) electrons. The summed E-state index contributed by atoms with van der Waals surface area (Å²) in [6.07, 6.45) is 6.93. The molecule has 1 aliphatic rings. The Morgan fingerprint density at radius 3 is 2.77 bits per heavy atom. The standard InChI is InChI=1S/C22H29ClO6.Na/c23-15-6-5-7-17(12-15)29-14-16(24)10-11-19-18(20(25)13-21(19)26)8-3-1-2-4-9-22(27)28;/h1,3,5-7,10-12,16,18-21,24-26H,2,4,8-9,13-14H2,(H,27,28);/q;+1/p-1/b3-1-,11-10+;. The predicted molar refractivity (Wildman–Crippen MR) is 108 cm³/mol. The number of hydrogen-bond donors (Lipinski definition) is 3. The van der Waals surface area contributed by atoms with Crippen LogP contribution in [0, 0.1) is 11.8 Å². The second-order valence-electron chi connectivity index (χ2n) is 7.30. The fraction of sp³-hybridized carbons (Fsp3) is 0.500. The smallest absolute Gasteiger partial charge is 0.550 e. The largest absolute Gasteiger partial charge is 1.00 e.